The monoisotopic (exact) mass is 369 g/mol. The van der Waals surface area contributed by atoms with Crippen molar-refractivity contribution < 1.29 is 0 Å². The van der Waals surface area contributed by atoms with E-state index in [2.05, 4.69) is 69.6 Å². The maximum atomic E-state index is 6.05. The molecule has 26 heavy (non-hydrogen) atoms. The first-order valence-electron chi connectivity index (χ1n) is 8.75. The Bertz CT molecular complexity index is 789. The summed E-state index contributed by atoms with van der Waals surface area (Å²) in [6.07, 6.45) is 3.26. The molecule has 2 aromatic carbocycles. The van der Waals surface area contributed by atoms with E-state index in [4.69, 9.17) is 5.73 Å². The highest BCUT2D eigenvalue weighted by molar-refractivity contribution is 5.85. The van der Waals surface area contributed by atoms with Crippen LogP contribution in [-0.2, 0) is 6.54 Å². The first-order chi connectivity index (χ1) is 12.3. The third-order valence-electron chi connectivity index (χ3n) is 5.07. The number of rotatable bonds is 5. The van der Waals surface area contributed by atoms with Crippen molar-refractivity contribution in [2.45, 2.75) is 12.5 Å². The molecule has 1 aliphatic rings. The normalized spacial score (nSPS) is 20.0. The number of aromatic nitrogens is 3. The topological polar surface area (TPSA) is 60.0 Å². The van der Waals surface area contributed by atoms with E-state index in [-0.39, 0.29) is 12.4 Å². The van der Waals surface area contributed by atoms with E-state index in [1.165, 1.54) is 11.1 Å². The number of hydrogen-bond acceptors (Lipinski definition) is 4. The molecule has 1 saturated heterocycles. The second-order valence-electron chi connectivity index (χ2n) is 6.71. The molecule has 0 saturated carbocycles. The van der Waals surface area contributed by atoms with Crippen LogP contribution in [0.5, 0.6) is 0 Å². The maximum absolute atomic E-state index is 6.05. The molecule has 1 aromatic heterocycles. The molecule has 136 valence electrons. The average molecular weight is 370 g/mol. The van der Waals surface area contributed by atoms with Crippen LogP contribution in [0.4, 0.5) is 0 Å². The van der Waals surface area contributed by atoms with E-state index < -0.39 is 0 Å². The van der Waals surface area contributed by atoms with Gasteiger partial charge in [-0.3, -0.25) is 4.90 Å². The highest BCUT2D eigenvalue weighted by atomic mass is 35.5. The Kier molecular flexibility index (Phi) is 6.04. The van der Waals surface area contributed by atoms with E-state index in [9.17, 15) is 0 Å². The first kappa shape index (κ1) is 18.6. The van der Waals surface area contributed by atoms with Gasteiger partial charge in [0.05, 0.1) is 5.69 Å². The second-order valence-corrected chi connectivity index (χ2v) is 6.71. The van der Waals surface area contributed by atoms with Crippen molar-refractivity contribution in [3.63, 3.8) is 0 Å². The average Bonchev–Trinajstić information content (AvgIpc) is 3.33. The Hall–Kier alpha value is -2.21. The molecule has 0 spiro atoms. The Balaban J connectivity index is 0.00000196. The summed E-state index contributed by atoms with van der Waals surface area (Å²) in [5, 5.41) is 4.17. The first-order valence-corrected chi connectivity index (χ1v) is 8.75. The summed E-state index contributed by atoms with van der Waals surface area (Å²) in [5.41, 5.74) is 9.80. The molecule has 0 radical (unpaired) electrons. The zero-order chi connectivity index (χ0) is 17.1. The van der Waals surface area contributed by atoms with Crippen LogP contribution >= 0.6 is 12.4 Å². The molecular formula is C20H24ClN5. The van der Waals surface area contributed by atoms with Crippen LogP contribution in [-0.4, -0.2) is 39.3 Å². The molecule has 0 unspecified atom stereocenters. The standard InChI is InChI=1S/C20H23N5.ClH/c21-10-18-12-24(13-20(18)17-4-2-1-3-5-17)11-16-6-8-19(9-7-16)25-15-22-14-23-25;/h1-9,14-15,18,20H,10-13,21H2;1H/t18-,20+;/m1./s1. The van der Waals surface area contributed by atoms with Crippen LogP contribution in [0.15, 0.2) is 67.3 Å². The Morgan fingerprint density at radius 1 is 1.00 bits per heavy atom. The molecule has 3 aromatic rings. The number of halogens is 1. The van der Waals surface area contributed by atoms with Crippen molar-refractivity contribution in [2.75, 3.05) is 19.6 Å². The number of benzene rings is 2. The summed E-state index contributed by atoms with van der Waals surface area (Å²) < 4.78 is 1.77. The number of hydrogen-bond donors (Lipinski definition) is 1. The molecule has 2 N–H and O–H groups in total. The van der Waals surface area contributed by atoms with Crippen molar-refractivity contribution in [3.05, 3.63) is 78.4 Å². The maximum Gasteiger partial charge on any atom is 0.138 e. The van der Waals surface area contributed by atoms with E-state index in [1.54, 1.807) is 17.3 Å². The molecule has 4 rings (SSSR count). The van der Waals surface area contributed by atoms with Gasteiger partial charge in [-0.15, -0.1) is 12.4 Å². The van der Waals surface area contributed by atoms with Crippen LogP contribution < -0.4 is 5.73 Å². The summed E-state index contributed by atoms with van der Waals surface area (Å²) in [5.74, 6) is 1.05. The van der Waals surface area contributed by atoms with Crippen molar-refractivity contribution in [1.29, 1.82) is 0 Å². The molecule has 0 bridgehead atoms. The predicted octanol–water partition coefficient (Wildman–Crippen LogP) is 2.86. The highest BCUT2D eigenvalue weighted by Crippen LogP contribution is 2.32. The summed E-state index contributed by atoms with van der Waals surface area (Å²) in [6.45, 7) is 3.82. The van der Waals surface area contributed by atoms with Crippen molar-refractivity contribution in [3.8, 4) is 5.69 Å². The minimum absolute atomic E-state index is 0. The van der Waals surface area contributed by atoms with Crippen LogP contribution in [0.2, 0.25) is 0 Å². The molecule has 6 heteroatoms. The fraction of sp³-hybridized carbons (Fsp3) is 0.300. The predicted molar refractivity (Wildman–Crippen MR) is 106 cm³/mol. The molecule has 5 nitrogen and oxygen atoms in total. The summed E-state index contributed by atoms with van der Waals surface area (Å²) in [4.78, 5) is 6.50. The van der Waals surface area contributed by atoms with Crippen LogP contribution in [0.1, 0.15) is 17.0 Å². The Labute approximate surface area is 160 Å². The van der Waals surface area contributed by atoms with Crippen LogP contribution in [0, 0.1) is 5.92 Å². The largest absolute Gasteiger partial charge is 0.330 e. The van der Waals surface area contributed by atoms with Gasteiger partial charge in [-0.05, 0) is 35.7 Å². The summed E-state index contributed by atoms with van der Waals surface area (Å²) >= 11 is 0. The number of likely N-dealkylation sites (tertiary alicyclic amines) is 1. The molecule has 1 aliphatic heterocycles. The lowest BCUT2D eigenvalue weighted by molar-refractivity contribution is 0.317. The molecule has 0 aliphatic carbocycles. The Morgan fingerprint density at radius 2 is 1.77 bits per heavy atom. The lowest BCUT2D eigenvalue weighted by Gasteiger charge is -2.17. The Morgan fingerprint density at radius 3 is 2.42 bits per heavy atom. The van der Waals surface area contributed by atoms with Crippen molar-refractivity contribution in [1.82, 2.24) is 19.7 Å². The minimum Gasteiger partial charge on any atom is -0.330 e. The summed E-state index contributed by atoms with van der Waals surface area (Å²) in [7, 11) is 0. The van der Waals surface area contributed by atoms with E-state index in [0.29, 0.717) is 11.8 Å². The van der Waals surface area contributed by atoms with Gasteiger partial charge in [0.2, 0.25) is 0 Å². The third-order valence-corrected chi connectivity index (χ3v) is 5.07. The van der Waals surface area contributed by atoms with Crippen LogP contribution in [0.3, 0.4) is 0 Å². The zero-order valence-electron chi connectivity index (χ0n) is 14.6. The zero-order valence-corrected chi connectivity index (χ0v) is 15.4. The fourth-order valence-corrected chi connectivity index (χ4v) is 3.76. The molecule has 1 fully saturated rings. The fourth-order valence-electron chi connectivity index (χ4n) is 3.76. The van der Waals surface area contributed by atoms with Gasteiger partial charge in [0, 0.05) is 25.6 Å². The smallest absolute Gasteiger partial charge is 0.138 e. The summed E-state index contributed by atoms with van der Waals surface area (Å²) in [6, 6.07) is 19.3. The molecular weight excluding hydrogens is 346 g/mol. The van der Waals surface area contributed by atoms with Gasteiger partial charge in [0.25, 0.3) is 0 Å². The van der Waals surface area contributed by atoms with Gasteiger partial charge in [0.15, 0.2) is 0 Å². The van der Waals surface area contributed by atoms with Gasteiger partial charge < -0.3 is 5.73 Å². The van der Waals surface area contributed by atoms with E-state index in [0.717, 1.165) is 31.9 Å². The third kappa shape index (κ3) is 3.96. The van der Waals surface area contributed by atoms with Gasteiger partial charge >= 0.3 is 0 Å². The van der Waals surface area contributed by atoms with Gasteiger partial charge in [-0.25, -0.2) is 9.67 Å². The lowest BCUT2D eigenvalue weighted by atomic mass is 9.89. The van der Waals surface area contributed by atoms with Crippen LogP contribution in [0.25, 0.3) is 5.69 Å². The van der Waals surface area contributed by atoms with Crippen molar-refractivity contribution >= 4 is 12.4 Å². The minimum atomic E-state index is 0. The van der Waals surface area contributed by atoms with Gasteiger partial charge in [-0.1, -0.05) is 42.5 Å². The molecule has 2 atom stereocenters. The second kappa shape index (κ2) is 8.45. The molecule has 0 amide bonds. The quantitative estimate of drug-likeness (QED) is 0.751. The SMILES string of the molecule is Cl.NC[C@@H]1CN(Cc2ccc(-n3cncn3)cc2)C[C@H]1c1ccccc1. The number of nitrogens with zero attached hydrogens (tertiary/aromatic N) is 4. The van der Waals surface area contributed by atoms with Gasteiger partial charge in [0.1, 0.15) is 12.7 Å². The lowest BCUT2D eigenvalue weighted by Crippen LogP contribution is -2.23. The van der Waals surface area contributed by atoms with Gasteiger partial charge in [-0.2, -0.15) is 5.10 Å². The molecule has 2 heterocycles. The number of nitrogens with two attached hydrogens (primary N) is 1. The highest BCUT2D eigenvalue weighted by Gasteiger charge is 2.32. The van der Waals surface area contributed by atoms with Crippen molar-refractivity contribution in [2.24, 2.45) is 11.7 Å². The van der Waals surface area contributed by atoms with E-state index in [1.807, 2.05) is 0 Å². The van der Waals surface area contributed by atoms with E-state index >= 15 is 0 Å².